The Morgan fingerprint density at radius 3 is 2.68 bits per heavy atom. The molecule has 1 N–H and O–H groups in total. The number of thiophene rings is 1. The first-order valence-corrected chi connectivity index (χ1v) is 13.5. The van der Waals surface area contributed by atoms with Crippen molar-refractivity contribution in [1.82, 2.24) is 14.8 Å². The Bertz CT molecular complexity index is 1240. The molecule has 5 nitrogen and oxygen atoms in total. The molecule has 0 saturated heterocycles. The van der Waals surface area contributed by atoms with E-state index in [2.05, 4.69) is 29.8 Å². The van der Waals surface area contributed by atoms with Crippen LogP contribution in [0.2, 0.25) is 5.02 Å². The highest BCUT2D eigenvalue weighted by Gasteiger charge is 2.48. The molecule has 0 spiro atoms. The van der Waals surface area contributed by atoms with Crippen LogP contribution in [0.5, 0.6) is 0 Å². The van der Waals surface area contributed by atoms with Gasteiger partial charge in [0.2, 0.25) is 5.91 Å². The summed E-state index contributed by atoms with van der Waals surface area (Å²) in [6.07, 6.45) is 5.21. The fourth-order valence-electron chi connectivity index (χ4n) is 5.37. The van der Waals surface area contributed by atoms with Crippen LogP contribution in [0.3, 0.4) is 0 Å². The molecule has 1 aliphatic carbocycles. The number of fused-ring (bicyclic) bond motifs is 3. The number of hydrogen-bond donors (Lipinski definition) is 1. The van der Waals surface area contributed by atoms with Crippen molar-refractivity contribution in [2.24, 2.45) is 5.92 Å². The van der Waals surface area contributed by atoms with Gasteiger partial charge in [0, 0.05) is 22.5 Å². The fourth-order valence-corrected chi connectivity index (χ4v) is 6.63. The number of halogens is 1. The van der Waals surface area contributed by atoms with Gasteiger partial charge in [0.05, 0.1) is 16.8 Å². The highest BCUT2D eigenvalue weighted by molar-refractivity contribution is 7.19. The lowest BCUT2D eigenvalue weighted by Crippen LogP contribution is -2.64. The Morgan fingerprint density at radius 2 is 1.97 bits per heavy atom. The largest absolute Gasteiger partial charge is 0.351 e. The summed E-state index contributed by atoms with van der Waals surface area (Å²) in [6.45, 7) is 7.10. The molecule has 5 rings (SSSR count). The number of benzene rings is 1. The molecule has 2 aromatic heterocycles. The van der Waals surface area contributed by atoms with Crippen molar-refractivity contribution in [1.29, 1.82) is 0 Å². The maximum absolute atomic E-state index is 13.9. The van der Waals surface area contributed by atoms with Gasteiger partial charge in [-0.05, 0) is 74.8 Å². The number of nitrogens with one attached hydrogen (secondary N) is 1. The van der Waals surface area contributed by atoms with E-state index in [4.69, 9.17) is 11.6 Å². The molecule has 1 unspecified atom stereocenters. The number of aryl methyl sites for hydroxylation is 1. The average molecular weight is 498 g/mol. The van der Waals surface area contributed by atoms with Crippen molar-refractivity contribution in [2.75, 3.05) is 0 Å². The molecule has 180 valence electrons. The van der Waals surface area contributed by atoms with Crippen LogP contribution in [-0.4, -0.2) is 32.9 Å². The second-order valence-electron chi connectivity index (χ2n) is 10.2. The zero-order valence-corrected chi connectivity index (χ0v) is 21.6. The summed E-state index contributed by atoms with van der Waals surface area (Å²) in [6, 6.07) is 11.9. The van der Waals surface area contributed by atoms with Crippen molar-refractivity contribution >= 4 is 45.0 Å². The Balaban J connectivity index is 1.52. The van der Waals surface area contributed by atoms with Crippen LogP contribution in [0, 0.1) is 5.92 Å². The van der Waals surface area contributed by atoms with Gasteiger partial charge in [-0.3, -0.25) is 9.59 Å². The standard InChI is InChI=1S/C27H32ClN3O2S/c1-4-21-13-22-24(34-21)14-23-25(32)31(15-18-6-5-7-19(28)12-18)27(3,16-30(22)23)26(33)29-20-10-8-17(2)9-11-20/h5-7,12-14,17,20H,4,8-11,15-16H2,1-3H3,(H,29,33). The summed E-state index contributed by atoms with van der Waals surface area (Å²) < 4.78 is 3.17. The Hall–Kier alpha value is -2.31. The molecule has 1 saturated carbocycles. The van der Waals surface area contributed by atoms with Gasteiger partial charge in [-0.15, -0.1) is 11.3 Å². The van der Waals surface area contributed by atoms with Crippen LogP contribution in [0.15, 0.2) is 36.4 Å². The Morgan fingerprint density at radius 1 is 1.21 bits per heavy atom. The van der Waals surface area contributed by atoms with Gasteiger partial charge in [0.25, 0.3) is 5.91 Å². The van der Waals surface area contributed by atoms with Crippen LogP contribution < -0.4 is 5.32 Å². The minimum absolute atomic E-state index is 0.0686. The van der Waals surface area contributed by atoms with Crippen molar-refractivity contribution in [3.05, 3.63) is 57.6 Å². The van der Waals surface area contributed by atoms with Crippen LogP contribution in [0.1, 0.15) is 67.4 Å². The maximum atomic E-state index is 13.9. The first kappa shape index (κ1) is 23.4. The third-order valence-electron chi connectivity index (χ3n) is 7.59. The van der Waals surface area contributed by atoms with Gasteiger partial charge < -0.3 is 14.8 Å². The summed E-state index contributed by atoms with van der Waals surface area (Å²) >= 11 is 7.96. The monoisotopic (exact) mass is 497 g/mol. The van der Waals surface area contributed by atoms with Crippen LogP contribution in [0.25, 0.3) is 10.2 Å². The number of carbonyl (C=O) groups excluding carboxylic acids is 2. The average Bonchev–Trinajstić information content (AvgIpc) is 3.37. The summed E-state index contributed by atoms with van der Waals surface area (Å²) in [4.78, 5) is 30.8. The van der Waals surface area contributed by atoms with E-state index in [-0.39, 0.29) is 17.9 Å². The highest BCUT2D eigenvalue weighted by Crippen LogP contribution is 2.37. The number of amides is 2. The third kappa shape index (κ3) is 4.16. The molecule has 7 heteroatoms. The van der Waals surface area contributed by atoms with E-state index in [9.17, 15) is 9.59 Å². The molecule has 1 aromatic carbocycles. The van der Waals surface area contributed by atoms with Gasteiger partial charge in [-0.2, -0.15) is 0 Å². The number of rotatable bonds is 5. The molecule has 0 radical (unpaired) electrons. The van der Waals surface area contributed by atoms with Gasteiger partial charge in [-0.1, -0.05) is 37.6 Å². The predicted octanol–water partition coefficient (Wildman–Crippen LogP) is 6.03. The molecular weight excluding hydrogens is 466 g/mol. The lowest BCUT2D eigenvalue weighted by atomic mass is 9.86. The second-order valence-corrected chi connectivity index (χ2v) is 11.8. The van der Waals surface area contributed by atoms with Crippen molar-refractivity contribution in [3.63, 3.8) is 0 Å². The summed E-state index contributed by atoms with van der Waals surface area (Å²) in [5.74, 6) is 0.532. The topological polar surface area (TPSA) is 54.3 Å². The minimum Gasteiger partial charge on any atom is -0.351 e. The maximum Gasteiger partial charge on any atom is 0.271 e. The van der Waals surface area contributed by atoms with E-state index < -0.39 is 5.54 Å². The summed E-state index contributed by atoms with van der Waals surface area (Å²) in [7, 11) is 0. The van der Waals surface area contributed by atoms with Crippen molar-refractivity contribution < 1.29 is 9.59 Å². The number of nitrogens with zero attached hydrogens (tertiary/aromatic N) is 2. The van der Waals surface area contributed by atoms with Crippen molar-refractivity contribution in [2.45, 2.75) is 77.5 Å². The normalized spacial score (nSPS) is 24.9. The van der Waals surface area contributed by atoms with E-state index in [0.29, 0.717) is 29.7 Å². The quantitative estimate of drug-likeness (QED) is 0.468. The van der Waals surface area contributed by atoms with Gasteiger partial charge in [0.1, 0.15) is 11.2 Å². The molecule has 2 amide bonds. The molecule has 0 bridgehead atoms. The van der Waals surface area contributed by atoms with E-state index in [1.54, 1.807) is 16.2 Å². The van der Waals surface area contributed by atoms with Gasteiger partial charge in [0.15, 0.2) is 0 Å². The second kappa shape index (κ2) is 9.04. The third-order valence-corrected chi connectivity index (χ3v) is 9.04. The lowest BCUT2D eigenvalue weighted by Gasteiger charge is -2.45. The molecule has 1 aliphatic heterocycles. The molecule has 1 fully saturated rings. The Labute approximate surface area is 210 Å². The van der Waals surface area contributed by atoms with Crippen LogP contribution >= 0.6 is 22.9 Å². The zero-order valence-electron chi connectivity index (χ0n) is 20.1. The SMILES string of the molecule is CCc1cc2c(cc3n2CC(C)(C(=O)NC2CCC(C)CC2)N(Cc2cccc(Cl)c2)C3=O)s1. The van der Waals surface area contributed by atoms with Crippen molar-refractivity contribution in [3.8, 4) is 0 Å². The van der Waals surface area contributed by atoms with E-state index in [1.165, 1.54) is 4.88 Å². The van der Waals surface area contributed by atoms with Gasteiger partial charge >= 0.3 is 0 Å². The fraction of sp³-hybridized carbons (Fsp3) is 0.481. The minimum atomic E-state index is -1.00. The molecule has 2 aliphatic rings. The predicted molar refractivity (Wildman–Crippen MR) is 138 cm³/mol. The highest BCUT2D eigenvalue weighted by atomic mass is 35.5. The van der Waals surface area contributed by atoms with E-state index >= 15 is 0 Å². The van der Waals surface area contributed by atoms with Crippen LogP contribution in [-0.2, 0) is 24.3 Å². The number of hydrogen-bond acceptors (Lipinski definition) is 3. The van der Waals surface area contributed by atoms with Gasteiger partial charge in [-0.25, -0.2) is 0 Å². The molecule has 1 atom stereocenters. The molecular formula is C27H32ClN3O2S. The summed E-state index contributed by atoms with van der Waals surface area (Å²) in [5.41, 5.74) is 1.62. The smallest absolute Gasteiger partial charge is 0.271 e. The van der Waals surface area contributed by atoms with Crippen LogP contribution in [0.4, 0.5) is 0 Å². The van der Waals surface area contributed by atoms with E-state index in [0.717, 1.165) is 47.9 Å². The lowest BCUT2D eigenvalue weighted by molar-refractivity contribution is -0.134. The number of carbonyl (C=O) groups is 2. The Kier molecular flexibility index (Phi) is 6.23. The molecule has 3 aromatic rings. The first-order chi connectivity index (χ1) is 16.3. The summed E-state index contributed by atoms with van der Waals surface area (Å²) in [5, 5.41) is 3.94. The molecule has 3 heterocycles. The zero-order chi connectivity index (χ0) is 24.0. The molecule has 34 heavy (non-hydrogen) atoms. The van der Waals surface area contributed by atoms with E-state index in [1.807, 2.05) is 37.3 Å². The first-order valence-electron chi connectivity index (χ1n) is 12.3. The number of aromatic nitrogens is 1.